The largest absolute Gasteiger partial charge is 0.492 e. The molecular formula is C11H11Cl2NO2. The molecule has 1 aromatic rings. The Labute approximate surface area is 104 Å². The van der Waals surface area contributed by atoms with Crippen LogP contribution in [0.4, 0.5) is 0 Å². The Balaban J connectivity index is 2.41. The highest BCUT2D eigenvalue weighted by atomic mass is 35.5. The summed E-state index contributed by atoms with van der Waals surface area (Å²) in [4.78, 5) is 0. The number of rotatable bonds is 5. The van der Waals surface area contributed by atoms with E-state index in [0.29, 0.717) is 28.8 Å². The van der Waals surface area contributed by atoms with Crippen LogP contribution in [-0.2, 0) is 0 Å². The average molecular weight is 260 g/mol. The van der Waals surface area contributed by atoms with Crippen LogP contribution in [0.1, 0.15) is 12.8 Å². The summed E-state index contributed by atoms with van der Waals surface area (Å²) in [6, 6.07) is 6.82. The summed E-state index contributed by atoms with van der Waals surface area (Å²) >= 11 is 11.6. The summed E-state index contributed by atoms with van der Waals surface area (Å²) in [5, 5.41) is 18.6. The first-order chi connectivity index (χ1) is 7.63. The molecule has 1 aromatic carbocycles. The lowest BCUT2D eigenvalue weighted by Crippen LogP contribution is -2.11. The molecule has 0 aliphatic rings. The van der Waals surface area contributed by atoms with Crippen LogP contribution in [0.3, 0.4) is 0 Å². The lowest BCUT2D eigenvalue weighted by Gasteiger charge is -2.10. The standard InChI is InChI=1S/C11H11Cl2NO2/c12-8-1-2-11(10(13)7-8)16-6-4-9(15)3-5-14/h1-2,7,9,15H,3-4,6H2. The third-order valence-corrected chi connectivity index (χ3v) is 2.46. The molecule has 1 N–H and O–H groups in total. The van der Waals surface area contributed by atoms with Crippen molar-refractivity contribution < 1.29 is 9.84 Å². The number of nitriles is 1. The van der Waals surface area contributed by atoms with Crippen molar-refractivity contribution in [2.24, 2.45) is 0 Å². The van der Waals surface area contributed by atoms with Gasteiger partial charge in [0.1, 0.15) is 5.75 Å². The Kier molecular flexibility index (Phi) is 5.41. The Morgan fingerprint density at radius 2 is 2.19 bits per heavy atom. The van der Waals surface area contributed by atoms with E-state index in [1.54, 1.807) is 18.2 Å². The van der Waals surface area contributed by atoms with Gasteiger partial charge in [0.25, 0.3) is 0 Å². The van der Waals surface area contributed by atoms with Gasteiger partial charge in [0, 0.05) is 11.4 Å². The second-order valence-corrected chi connectivity index (χ2v) is 4.07. The lowest BCUT2D eigenvalue weighted by molar-refractivity contribution is 0.143. The van der Waals surface area contributed by atoms with Crippen molar-refractivity contribution in [2.75, 3.05) is 6.61 Å². The van der Waals surface area contributed by atoms with Gasteiger partial charge < -0.3 is 9.84 Å². The number of aliphatic hydroxyl groups excluding tert-OH is 1. The summed E-state index contributed by atoms with van der Waals surface area (Å²) < 4.78 is 5.35. The van der Waals surface area contributed by atoms with Crippen LogP contribution in [0.25, 0.3) is 0 Å². The number of nitrogens with zero attached hydrogens (tertiary/aromatic N) is 1. The summed E-state index contributed by atoms with van der Waals surface area (Å²) in [5.74, 6) is 0.523. The fourth-order valence-electron chi connectivity index (χ4n) is 1.10. The predicted molar refractivity (Wildman–Crippen MR) is 62.8 cm³/mol. The van der Waals surface area contributed by atoms with Gasteiger partial charge >= 0.3 is 0 Å². The molecule has 5 heteroatoms. The molecule has 0 fully saturated rings. The smallest absolute Gasteiger partial charge is 0.137 e. The van der Waals surface area contributed by atoms with E-state index in [1.165, 1.54) is 0 Å². The molecule has 0 saturated heterocycles. The maximum Gasteiger partial charge on any atom is 0.137 e. The highest BCUT2D eigenvalue weighted by molar-refractivity contribution is 6.35. The molecule has 1 unspecified atom stereocenters. The van der Waals surface area contributed by atoms with Gasteiger partial charge in [-0.1, -0.05) is 23.2 Å². The number of halogens is 2. The summed E-state index contributed by atoms with van der Waals surface area (Å²) in [7, 11) is 0. The van der Waals surface area contributed by atoms with E-state index in [2.05, 4.69) is 0 Å². The number of hydrogen-bond acceptors (Lipinski definition) is 3. The van der Waals surface area contributed by atoms with Gasteiger partial charge in [-0.3, -0.25) is 0 Å². The summed E-state index contributed by atoms with van der Waals surface area (Å²) in [6.45, 7) is 0.310. The molecule has 0 heterocycles. The first kappa shape index (κ1) is 13.1. The second-order valence-electron chi connectivity index (χ2n) is 3.23. The highest BCUT2D eigenvalue weighted by Crippen LogP contribution is 2.27. The molecule has 0 aliphatic carbocycles. The number of hydrogen-bond donors (Lipinski definition) is 1. The Morgan fingerprint density at radius 1 is 1.44 bits per heavy atom. The van der Waals surface area contributed by atoms with Gasteiger partial charge in [-0.05, 0) is 18.2 Å². The van der Waals surface area contributed by atoms with Crippen molar-refractivity contribution in [3.05, 3.63) is 28.2 Å². The zero-order valence-electron chi connectivity index (χ0n) is 8.49. The van der Waals surface area contributed by atoms with Crippen LogP contribution < -0.4 is 4.74 Å². The minimum atomic E-state index is -0.656. The number of benzene rings is 1. The van der Waals surface area contributed by atoms with Crippen molar-refractivity contribution in [3.8, 4) is 11.8 Å². The Morgan fingerprint density at radius 3 is 2.81 bits per heavy atom. The molecule has 0 aromatic heterocycles. The van der Waals surface area contributed by atoms with Crippen LogP contribution >= 0.6 is 23.2 Å². The molecular weight excluding hydrogens is 249 g/mol. The molecule has 0 saturated carbocycles. The first-order valence-corrected chi connectivity index (χ1v) is 5.52. The maximum atomic E-state index is 9.28. The zero-order valence-corrected chi connectivity index (χ0v) is 10.0. The third kappa shape index (κ3) is 4.28. The predicted octanol–water partition coefficient (Wildman–Crippen LogP) is 3.04. The number of ether oxygens (including phenoxy) is 1. The van der Waals surface area contributed by atoms with Gasteiger partial charge in [0.2, 0.25) is 0 Å². The molecule has 1 atom stereocenters. The van der Waals surface area contributed by atoms with Gasteiger partial charge in [-0.25, -0.2) is 0 Å². The molecule has 0 spiro atoms. The van der Waals surface area contributed by atoms with Gasteiger partial charge in [-0.15, -0.1) is 0 Å². The first-order valence-electron chi connectivity index (χ1n) is 4.76. The highest BCUT2D eigenvalue weighted by Gasteiger charge is 2.05. The summed E-state index contributed by atoms with van der Waals surface area (Å²) in [5.41, 5.74) is 0. The van der Waals surface area contributed by atoms with Crippen LogP contribution in [-0.4, -0.2) is 17.8 Å². The third-order valence-electron chi connectivity index (χ3n) is 1.93. The summed E-state index contributed by atoms with van der Waals surface area (Å²) in [6.07, 6.45) is -0.152. The Bertz CT molecular complexity index is 390. The normalized spacial score (nSPS) is 11.9. The molecule has 1 rings (SSSR count). The second kappa shape index (κ2) is 6.59. The SMILES string of the molecule is N#CCC(O)CCOc1ccc(Cl)cc1Cl. The van der Waals surface area contributed by atoms with Gasteiger partial charge in [0.05, 0.1) is 30.2 Å². The van der Waals surface area contributed by atoms with Crippen LogP contribution in [0.5, 0.6) is 5.75 Å². The van der Waals surface area contributed by atoms with Crippen molar-refractivity contribution in [1.29, 1.82) is 5.26 Å². The molecule has 0 bridgehead atoms. The fourth-order valence-corrected chi connectivity index (χ4v) is 1.57. The van der Waals surface area contributed by atoms with Crippen molar-refractivity contribution in [1.82, 2.24) is 0 Å². The average Bonchev–Trinajstić information content (AvgIpc) is 2.22. The van der Waals surface area contributed by atoms with Crippen molar-refractivity contribution in [3.63, 3.8) is 0 Å². The van der Waals surface area contributed by atoms with E-state index in [0.717, 1.165) is 0 Å². The van der Waals surface area contributed by atoms with E-state index in [9.17, 15) is 5.11 Å². The van der Waals surface area contributed by atoms with Gasteiger partial charge in [0.15, 0.2) is 0 Å². The minimum Gasteiger partial charge on any atom is -0.492 e. The van der Waals surface area contributed by atoms with Crippen molar-refractivity contribution >= 4 is 23.2 Å². The number of aliphatic hydroxyl groups is 1. The van der Waals surface area contributed by atoms with E-state index in [4.69, 9.17) is 33.2 Å². The molecule has 86 valence electrons. The zero-order chi connectivity index (χ0) is 12.0. The fraction of sp³-hybridized carbons (Fsp3) is 0.364. The lowest BCUT2D eigenvalue weighted by atomic mass is 10.2. The van der Waals surface area contributed by atoms with Crippen molar-refractivity contribution in [2.45, 2.75) is 18.9 Å². The van der Waals surface area contributed by atoms with Crippen LogP contribution in [0.2, 0.25) is 10.0 Å². The maximum absolute atomic E-state index is 9.28. The molecule has 0 aliphatic heterocycles. The van der Waals surface area contributed by atoms with Crippen LogP contribution in [0, 0.1) is 11.3 Å². The van der Waals surface area contributed by atoms with E-state index < -0.39 is 6.10 Å². The van der Waals surface area contributed by atoms with E-state index in [-0.39, 0.29) is 6.42 Å². The van der Waals surface area contributed by atoms with Crippen LogP contribution in [0.15, 0.2) is 18.2 Å². The van der Waals surface area contributed by atoms with Gasteiger partial charge in [-0.2, -0.15) is 5.26 Å². The van der Waals surface area contributed by atoms with E-state index >= 15 is 0 Å². The molecule has 0 amide bonds. The Hall–Kier alpha value is -0.950. The molecule has 16 heavy (non-hydrogen) atoms. The minimum absolute atomic E-state index is 0.109. The van der Waals surface area contributed by atoms with E-state index in [1.807, 2.05) is 6.07 Å². The molecule has 0 radical (unpaired) electrons. The monoisotopic (exact) mass is 259 g/mol. The molecule has 3 nitrogen and oxygen atoms in total. The quantitative estimate of drug-likeness (QED) is 0.885. The topological polar surface area (TPSA) is 53.2 Å².